The maximum atomic E-state index is 10.3. The van der Waals surface area contributed by atoms with E-state index in [0.717, 1.165) is 0 Å². The fraction of sp³-hybridized carbons (Fsp3) is 0.700. The van der Waals surface area contributed by atoms with Gasteiger partial charge in [0.25, 0.3) is 0 Å². The summed E-state index contributed by atoms with van der Waals surface area (Å²) in [5.74, 6) is -3.17. The van der Waals surface area contributed by atoms with E-state index >= 15 is 0 Å². The number of Topliss-reactive ketones (excluding diaryl/α,β-unsaturated/α-hetero) is 1. The molecule has 0 amide bonds. The van der Waals surface area contributed by atoms with Crippen LogP contribution in [0.4, 0.5) is 0 Å². The first-order chi connectivity index (χ1) is 7.60. The molecule has 0 aliphatic carbocycles. The van der Waals surface area contributed by atoms with Crippen LogP contribution < -0.4 is 5.73 Å². The highest BCUT2D eigenvalue weighted by Gasteiger charge is 2.30. The summed E-state index contributed by atoms with van der Waals surface area (Å²) in [6.07, 6.45) is 0.0787. The number of carbonyl (C=O) groups excluding carboxylic acids is 1. The van der Waals surface area contributed by atoms with Crippen LogP contribution in [0.25, 0.3) is 0 Å². The Morgan fingerprint density at radius 1 is 1.24 bits per heavy atom. The van der Waals surface area contributed by atoms with E-state index in [-0.39, 0.29) is 13.0 Å². The third-order valence-electron chi connectivity index (χ3n) is 2.08. The number of aliphatic hydroxyl groups is 1. The van der Waals surface area contributed by atoms with Gasteiger partial charge in [0.1, 0.15) is 6.04 Å². The minimum absolute atomic E-state index is 0.0787. The molecule has 5 N–H and O–H groups in total. The second-order valence-electron chi connectivity index (χ2n) is 4.04. The van der Waals surface area contributed by atoms with Crippen LogP contribution in [0.15, 0.2) is 0 Å². The quantitative estimate of drug-likeness (QED) is 0.480. The summed E-state index contributed by atoms with van der Waals surface area (Å²) in [7, 11) is 0. The Bertz CT molecular complexity index is 287. The van der Waals surface area contributed by atoms with Crippen LogP contribution in [0.2, 0.25) is 0 Å². The number of hydrogen-bond donors (Lipinski definition) is 4. The number of carboxylic acid groups (broad SMARTS) is 2. The predicted molar refractivity (Wildman–Crippen MR) is 59.4 cm³/mol. The second kappa shape index (κ2) is 7.75. The number of carboxylic acids is 2. The van der Waals surface area contributed by atoms with Crippen molar-refractivity contribution < 1.29 is 29.7 Å². The van der Waals surface area contributed by atoms with E-state index < -0.39 is 29.2 Å². The molecule has 0 radical (unpaired) electrons. The van der Waals surface area contributed by atoms with E-state index in [4.69, 9.17) is 21.1 Å². The normalized spacial score (nSPS) is 12.1. The molecule has 17 heavy (non-hydrogen) atoms. The monoisotopic (exact) mass is 249 g/mol. The van der Waals surface area contributed by atoms with Crippen LogP contribution in [0, 0.1) is 5.41 Å². The smallest absolute Gasteiger partial charge is 0.372 e. The van der Waals surface area contributed by atoms with E-state index in [1.54, 1.807) is 13.8 Å². The molecule has 0 aromatic carbocycles. The van der Waals surface area contributed by atoms with Gasteiger partial charge in [0.15, 0.2) is 0 Å². The van der Waals surface area contributed by atoms with Crippen LogP contribution in [0.5, 0.6) is 0 Å². The van der Waals surface area contributed by atoms with Crippen molar-refractivity contribution in [3.8, 4) is 0 Å². The van der Waals surface area contributed by atoms with Crippen molar-refractivity contribution in [1.29, 1.82) is 0 Å². The van der Waals surface area contributed by atoms with Crippen molar-refractivity contribution in [1.82, 2.24) is 0 Å². The molecule has 1 atom stereocenters. The van der Waals surface area contributed by atoms with Crippen LogP contribution in [-0.2, 0) is 14.4 Å². The summed E-state index contributed by atoms with van der Waals surface area (Å²) >= 11 is 0. The Kier molecular flexibility index (Phi) is 8.16. The summed E-state index contributed by atoms with van der Waals surface area (Å²) < 4.78 is 0. The molecule has 7 nitrogen and oxygen atoms in total. The lowest BCUT2D eigenvalue weighted by atomic mass is 9.86. The summed E-state index contributed by atoms with van der Waals surface area (Å²) in [4.78, 5) is 29.8. The largest absolute Gasteiger partial charge is 0.480 e. The van der Waals surface area contributed by atoms with Gasteiger partial charge in [-0.05, 0) is 0 Å². The minimum Gasteiger partial charge on any atom is -0.480 e. The van der Waals surface area contributed by atoms with Crippen LogP contribution in [-0.4, -0.2) is 45.7 Å². The lowest BCUT2D eigenvalue weighted by Gasteiger charge is -2.25. The van der Waals surface area contributed by atoms with Crippen molar-refractivity contribution >= 4 is 17.7 Å². The number of nitrogens with two attached hydrogens (primary N) is 1. The van der Waals surface area contributed by atoms with Crippen molar-refractivity contribution in [2.75, 3.05) is 6.61 Å². The Morgan fingerprint density at radius 3 is 1.71 bits per heavy atom. The molecule has 0 saturated heterocycles. The molecular weight excluding hydrogens is 230 g/mol. The third kappa shape index (κ3) is 7.42. The highest BCUT2D eigenvalue weighted by Crippen LogP contribution is 2.17. The van der Waals surface area contributed by atoms with Gasteiger partial charge >= 0.3 is 11.9 Å². The van der Waals surface area contributed by atoms with Gasteiger partial charge in [0, 0.05) is 11.8 Å². The van der Waals surface area contributed by atoms with E-state index in [1.165, 1.54) is 6.92 Å². The molecule has 100 valence electrons. The fourth-order valence-corrected chi connectivity index (χ4v) is 0.584. The summed E-state index contributed by atoms with van der Waals surface area (Å²) in [5, 5.41) is 24.9. The Labute approximate surface area is 99.2 Å². The van der Waals surface area contributed by atoms with Gasteiger partial charge < -0.3 is 21.1 Å². The van der Waals surface area contributed by atoms with Crippen molar-refractivity contribution in [2.45, 2.75) is 33.2 Å². The number of aliphatic carboxylic acids is 2. The molecule has 7 heteroatoms. The van der Waals surface area contributed by atoms with E-state index in [1.807, 2.05) is 0 Å². The molecular formula is C10H19NO6. The Hall–Kier alpha value is -1.47. The summed E-state index contributed by atoms with van der Waals surface area (Å²) in [5.41, 5.74) is 4.50. The molecule has 0 bridgehead atoms. The van der Waals surface area contributed by atoms with Gasteiger partial charge in [-0.3, -0.25) is 9.59 Å². The van der Waals surface area contributed by atoms with E-state index in [9.17, 15) is 14.4 Å². The molecule has 0 heterocycles. The molecule has 0 aromatic rings. The minimum atomic E-state index is -1.34. The maximum absolute atomic E-state index is 10.3. The molecule has 1 unspecified atom stereocenters. The maximum Gasteiger partial charge on any atom is 0.372 e. The topological polar surface area (TPSA) is 138 Å². The highest BCUT2D eigenvalue weighted by molar-refractivity contribution is 6.32. The lowest BCUT2D eigenvalue weighted by molar-refractivity contribution is -0.148. The van der Waals surface area contributed by atoms with Crippen LogP contribution >= 0.6 is 0 Å². The Morgan fingerprint density at radius 2 is 1.65 bits per heavy atom. The fourth-order valence-electron chi connectivity index (χ4n) is 0.584. The van der Waals surface area contributed by atoms with E-state index in [0.29, 0.717) is 0 Å². The molecule has 0 aliphatic rings. The highest BCUT2D eigenvalue weighted by atomic mass is 16.4. The molecule has 0 rings (SSSR count). The zero-order valence-corrected chi connectivity index (χ0v) is 10.1. The number of ketones is 1. The van der Waals surface area contributed by atoms with Crippen molar-refractivity contribution in [3.05, 3.63) is 0 Å². The summed E-state index contributed by atoms with van der Waals surface area (Å²) in [6.45, 7) is 4.49. The molecule has 0 spiro atoms. The third-order valence-corrected chi connectivity index (χ3v) is 2.08. The zero-order valence-electron chi connectivity index (χ0n) is 10.1. The number of hydrogen-bond acceptors (Lipinski definition) is 5. The molecule has 0 fully saturated rings. The molecule has 0 saturated carbocycles. The first-order valence-corrected chi connectivity index (χ1v) is 4.95. The molecule has 0 aromatic heterocycles. The first kappa shape index (κ1) is 17.9. The average molecular weight is 249 g/mol. The van der Waals surface area contributed by atoms with Gasteiger partial charge in [-0.15, -0.1) is 0 Å². The van der Waals surface area contributed by atoms with Crippen LogP contribution in [0.1, 0.15) is 27.2 Å². The lowest BCUT2D eigenvalue weighted by Crippen LogP contribution is -2.45. The number of carbonyl (C=O) groups is 3. The van der Waals surface area contributed by atoms with E-state index in [2.05, 4.69) is 0 Å². The number of rotatable bonds is 5. The second-order valence-corrected chi connectivity index (χ2v) is 4.04. The van der Waals surface area contributed by atoms with Gasteiger partial charge in [0.05, 0.1) is 6.61 Å². The zero-order chi connectivity index (χ0) is 14.2. The molecule has 0 aliphatic heterocycles. The van der Waals surface area contributed by atoms with Crippen LogP contribution in [0.3, 0.4) is 0 Å². The Balaban J connectivity index is 0. The van der Waals surface area contributed by atoms with Gasteiger partial charge in [-0.25, -0.2) is 4.79 Å². The van der Waals surface area contributed by atoms with Gasteiger partial charge in [-0.2, -0.15) is 0 Å². The summed E-state index contributed by atoms with van der Waals surface area (Å²) in [6, 6.07) is -1.00. The van der Waals surface area contributed by atoms with Gasteiger partial charge in [-0.1, -0.05) is 20.8 Å². The van der Waals surface area contributed by atoms with Crippen molar-refractivity contribution in [2.24, 2.45) is 11.1 Å². The SMILES string of the molecule is CC(C)(CO)C(N)C(=O)O.CCC(=O)C(=O)O. The predicted octanol–water partition coefficient (Wildman–Crippen LogP) is -0.533. The standard InChI is InChI=1S/C6H13NO3.C4H6O3/c1-6(2,3-8)4(7)5(9)10;1-2-3(5)4(6)7/h4,8H,3,7H2,1-2H3,(H,9,10);2H2,1H3,(H,6,7). The number of aliphatic hydroxyl groups excluding tert-OH is 1. The average Bonchev–Trinajstić information content (AvgIpc) is 2.27. The van der Waals surface area contributed by atoms with Gasteiger partial charge in [0.2, 0.25) is 5.78 Å². The first-order valence-electron chi connectivity index (χ1n) is 4.95. The van der Waals surface area contributed by atoms with Crippen molar-refractivity contribution in [3.63, 3.8) is 0 Å².